The van der Waals surface area contributed by atoms with E-state index >= 15 is 0 Å². The van der Waals surface area contributed by atoms with Crippen LogP contribution in [0.3, 0.4) is 0 Å². The predicted molar refractivity (Wildman–Crippen MR) is 113 cm³/mol. The van der Waals surface area contributed by atoms with Crippen LogP contribution in [-0.2, 0) is 13.0 Å². The van der Waals surface area contributed by atoms with Gasteiger partial charge in [0.1, 0.15) is 12.4 Å². The van der Waals surface area contributed by atoms with Crippen LogP contribution < -0.4 is 15.4 Å². The Morgan fingerprint density at radius 1 is 1.17 bits per heavy atom. The summed E-state index contributed by atoms with van der Waals surface area (Å²) in [6.07, 6.45) is 2.74. The summed E-state index contributed by atoms with van der Waals surface area (Å²) in [5.41, 5.74) is 5.16. The number of rotatable bonds is 6. The number of nitrogens with zero attached hydrogens (tertiary/aromatic N) is 1. The lowest BCUT2D eigenvalue weighted by molar-refractivity contribution is 0.0949. The molecule has 1 unspecified atom stereocenters. The number of aromatic nitrogens is 1. The van der Waals surface area contributed by atoms with E-state index in [1.807, 2.05) is 49.4 Å². The summed E-state index contributed by atoms with van der Waals surface area (Å²) in [4.78, 5) is 16.9. The molecule has 1 amide bonds. The molecule has 0 spiro atoms. The molecule has 29 heavy (non-hydrogen) atoms. The molecule has 0 radical (unpaired) electrons. The molecule has 0 saturated heterocycles. The number of hydrogen-bond donors (Lipinski definition) is 2. The number of carbonyl (C=O) groups excluding carboxylic acids is 1. The van der Waals surface area contributed by atoms with Crippen molar-refractivity contribution in [3.8, 4) is 5.75 Å². The Morgan fingerprint density at radius 2 is 2.07 bits per heavy atom. The summed E-state index contributed by atoms with van der Waals surface area (Å²) in [6, 6.07) is 19.9. The average molecular weight is 387 g/mol. The number of carbonyl (C=O) groups is 1. The number of fused-ring (bicyclic) bond motifs is 1. The van der Waals surface area contributed by atoms with Gasteiger partial charge >= 0.3 is 0 Å². The Hall–Kier alpha value is -3.18. The van der Waals surface area contributed by atoms with Crippen LogP contribution in [0.1, 0.15) is 38.8 Å². The van der Waals surface area contributed by atoms with Gasteiger partial charge in [0.05, 0.1) is 6.20 Å². The molecular weight excluding hydrogens is 362 g/mol. The molecule has 5 heteroatoms. The first-order valence-corrected chi connectivity index (χ1v) is 9.93. The maximum Gasteiger partial charge on any atom is 0.251 e. The molecule has 1 atom stereocenters. The normalized spacial score (nSPS) is 15.4. The second-order valence-electron chi connectivity index (χ2n) is 7.29. The van der Waals surface area contributed by atoms with Crippen molar-refractivity contribution in [3.05, 3.63) is 94.8 Å². The van der Waals surface area contributed by atoms with Gasteiger partial charge in [-0.25, -0.2) is 0 Å². The highest BCUT2D eigenvalue weighted by molar-refractivity contribution is 5.94. The lowest BCUT2D eigenvalue weighted by Gasteiger charge is -2.27. The minimum absolute atomic E-state index is 0.0753. The van der Waals surface area contributed by atoms with Crippen LogP contribution in [0, 0.1) is 6.92 Å². The van der Waals surface area contributed by atoms with Gasteiger partial charge in [-0.3, -0.25) is 9.78 Å². The summed E-state index contributed by atoms with van der Waals surface area (Å²) in [6.45, 7) is 3.82. The third-order valence-electron chi connectivity index (χ3n) is 5.16. The SMILES string of the molecule is Cc1ccc(OCc2cccc(C(=O)NCC3NCCc4ccccc43)c2)cn1. The van der Waals surface area contributed by atoms with Crippen molar-refractivity contribution in [2.24, 2.45) is 0 Å². The molecular formula is C24H25N3O2. The summed E-state index contributed by atoms with van der Waals surface area (Å²) in [7, 11) is 0. The van der Waals surface area contributed by atoms with Crippen molar-refractivity contribution in [2.45, 2.75) is 26.0 Å². The molecule has 4 rings (SSSR count). The van der Waals surface area contributed by atoms with Crippen LogP contribution in [0.25, 0.3) is 0 Å². The van der Waals surface area contributed by atoms with Gasteiger partial charge in [-0.1, -0.05) is 36.4 Å². The van der Waals surface area contributed by atoms with E-state index in [1.54, 1.807) is 6.20 Å². The predicted octanol–water partition coefficient (Wildman–Crippen LogP) is 3.59. The zero-order valence-electron chi connectivity index (χ0n) is 16.5. The highest BCUT2D eigenvalue weighted by Gasteiger charge is 2.19. The van der Waals surface area contributed by atoms with Gasteiger partial charge in [-0.15, -0.1) is 0 Å². The fourth-order valence-electron chi connectivity index (χ4n) is 3.58. The van der Waals surface area contributed by atoms with Crippen LogP contribution in [0.2, 0.25) is 0 Å². The smallest absolute Gasteiger partial charge is 0.251 e. The Labute approximate surface area is 171 Å². The Kier molecular flexibility index (Phi) is 5.86. The fourth-order valence-corrected chi connectivity index (χ4v) is 3.58. The Balaban J connectivity index is 1.36. The van der Waals surface area contributed by atoms with E-state index in [1.165, 1.54) is 11.1 Å². The molecule has 2 N–H and O–H groups in total. The molecule has 1 aliphatic rings. The first kappa shape index (κ1) is 19.2. The second kappa shape index (κ2) is 8.88. The van der Waals surface area contributed by atoms with Crippen molar-refractivity contribution in [1.29, 1.82) is 0 Å². The molecule has 2 aromatic carbocycles. The van der Waals surface area contributed by atoms with E-state index in [-0.39, 0.29) is 11.9 Å². The topological polar surface area (TPSA) is 63.2 Å². The standard InChI is InChI=1S/C24H25N3O2/c1-17-9-10-21(14-26-17)29-16-18-5-4-7-20(13-18)24(28)27-15-23-22-8-3-2-6-19(22)11-12-25-23/h2-10,13-14,23,25H,11-12,15-16H2,1H3,(H,27,28). The van der Waals surface area contributed by atoms with Crippen molar-refractivity contribution in [2.75, 3.05) is 13.1 Å². The Morgan fingerprint density at radius 3 is 2.93 bits per heavy atom. The van der Waals surface area contributed by atoms with Gasteiger partial charge in [-0.05, 0) is 60.8 Å². The molecule has 0 saturated carbocycles. The zero-order chi connectivity index (χ0) is 20.1. The number of nitrogens with one attached hydrogen (secondary N) is 2. The van der Waals surface area contributed by atoms with Crippen LogP contribution in [0.5, 0.6) is 5.75 Å². The van der Waals surface area contributed by atoms with E-state index in [0.29, 0.717) is 24.5 Å². The Bertz CT molecular complexity index is 985. The molecule has 3 aromatic rings. The van der Waals surface area contributed by atoms with Crippen LogP contribution in [0.15, 0.2) is 66.9 Å². The van der Waals surface area contributed by atoms with E-state index in [9.17, 15) is 4.79 Å². The molecule has 0 aliphatic carbocycles. The summed E-state index contributed by atoms with van der Waals surface area (Å²) in [5.74, 6) is 0.640. The second-order valence-corrected chi connectivity index (χ2v) is 7.29. The zero-order valence-corrected chi connectivity index (χ0v) is 16.5. The van der Waals surface area contributed by atoms with Gasteiger partial charge < -0.3 is 15.4 Å². The number of ether oxygens (including phenoxy) is 1. The molecule has 0 fully saturated rings. The first-order chi connectivity index (χ1) is 14.2. The van der Waals surface area contributed by atoms with Gasteiger partial charge in [0.2, 0.25) is 0 Å². The molecule has 0 bridgehead atoms. The monoisotopic (exact) mass is 387 g/mol. The summed E-state index contributed by atoms with van der Waals surface area (Å²) >= 11 is 0. The lowest BCUT2D eigenvalue weighted by atomic mass is 9.94. The van der Waals surface area contributed by atoms with E-state index in [2.05, 4.69) is 33.8 Å². The number of benzene rings is 2. The van der Waals surface area contributed by atoms with Crippen LogP contribution in [-0.4, -0.2) is 24.0 Å². The maximum atomic E-state index is 12.7. The van der Waals surface area contributed by atoms with Gasteiger partial charge in [0.15, 0.2) is 0 Å². The average Bonchev–Trinajstić information content (AvgIpc) is 2.77. The fraction of sp³-hybridized carbons (Fsp3) is 0.250. The quantitative estimate of drug-likeness (QED) is 0.679. The third-order valence-corrected chi connectivity index (χ3v) is 5.16. The van der Waals surface area contributed by atoms with Crippen LogP contribution >= 0.6 is 0 Å². The molecule has 1 aromatic heterocycles. The molecule has 1 aliphatic heterocycles. The van der Waals surface area contributed by atoms with E-state index < -0.39 is 0 Å². The third kappa shape index (κ3) is 4.81. The minimum Gasteiger partial charge on any atom is -0.487 e. The number of amides is 1. The highest BCUT2D eigenvalue weighted by atomic mass is 16.5. The molecule has 5 nitrogen and oxygen atoms in total. The number of aryl methyl sites for hydroxylation is 1. The van der Waals surface area contributed by atoms with Crippen molar-refractivity contribution < 1.29 is 9.53 Å². The molecule has 148 valence electrons. The number of pyridine rings is 1. The summed E-state index contributed by atoms with van der Waals surface area (Å²) < 4.78 is 5.77. The van der Waals surface area contributed by atoms with E-state index in [0.717, 1.165) is 24.2 Å². The van der Waals surface area contributed by atoms with E-state index in [4.69, 9.17) is 4.74 Å². The van der Waals surface area contributed by atoms with Gasteiger partial charge in [0.25, 0.3) is 5.91 Å². The molecule has 2 heterocycles. The largest absolute Gasteiger partial charge is 0.487 e. The summed E-state index contributed by atoms with van der Waals surface area (Å²) in [5, 5.41) is 6.56. The number of hydrogen-bond acceptors (Lipinski definition) is 4. The first-order valence-electron chi connectivity index (χ1n) is 9.93. The van der Waals surface area contributed by atoms with Gasteiger partial charge in [-0.2, -0.15) is 0 Å². The maximum absolute atomic E-state index is 12.7. The highest BCUT2D eigenvalue weighted by Crippen LogP contribution is 2.22. The van der Waals surface area contributed by atoms with Crippen molar-refractivity contribution >= 4 is 5.91 Å². The van der Waals surface area contributed by atoms with Crippen LogP contribution in [0.4, 0.5) is 0 Å². The van der Waals surface area contributed by atoms with Crippen molar-refractivity contribution in [1.82, 2.24) is 15.6 Å². The van der Waals surface area contributed by atoms with Crippen molar-refractivity contribution in [3.63, 3.8) is 0 Å². The lowest BCUT2D eigenvalue weighted by Crippen LogP contribution is -2.38. The van der Waals surface area contributed by atoms with Gasteiger partial charge in [0, 0.05) is 23.8 Å². The minimum atomic E-state index is -0.0753.